The van der Waals surface area contributed by atoms with E-state index in [1.807, 2.05) is 48.5 Å². The van der Waals surface area contributed by atoms with Crippen molar-refractivity contribution in [3.05, 3.63) is 72.3 Å². The number of aliphatic hydroxyl groups excluding tert-OH is 1. The molecule has 0 aromatic heterocycles. The Morgan fingerprint density at radius 1 is 1.10 bits per heavy atom. The van der Waals surface area contributed by atoms with Crippen LogP contribution < -0.4 is 14.8 Å². The lowest BCUT2D eigenvalue weighted by Crippen LogP contribution is -2.40. The largest absolute Gasteiger partial charge is 0.494 e. The third-order valence-corrected chi connectivity index (χ3v) is 4.90. The molecule has 0 radical (unpaired) electrons. The van der Waals surface area contributed by atoms with Crippen LogP contribution in [-0.2, 0) is 10.2 Å². The minimum atomic E-state index is -0.503. The van der Waals surface area contributed by atoms with Crippen molar-refractivity contribution in [2.75, 3.05) is 26.5 Å². The molecule has 1 unspecified atom stereocenters. The van der Waals surface area contributed by atoms with Gasteiger partial charge in [-0.1, -0.05) is 44.7 Å². The number of carbonyl (C=O) groups is 1. The predicted molar refractivity (Wildman–Crippen MR) is 116 cm³/mol. The summed E-state index contributed by atoms with van der Waals surface area (Å²) in [6.45, 7) is 7.58. The van der Waals surface area contributed by atoms with Crippen LogP contribution in [0.25, 0.3) is 0 Å². The second-order valence-electron chi connectivity index (χ2n) is 7.47. The number of aliphatic hydroxyl groups is 1. The first-order chi connectivity index (χ1) is 14.4. The van der Waals surface area contributed by atoms with Crippen LogP contribution in [0.1, 0.15) is 31.4 Å². The van der Waals surface area contributed by atoms with E-state index < -0.39 is 6.04 Å². The molecule has 2 aromatic carbocycles. The molecule has 0 fully saturated rings. The molecule has 2 N–H and O–H groups in total. The van der Waals surface area contributed by atoms with Crippen LogP contribution in [0.2, 0.25) is 0 Å². The minimum Gasteiger partial charge on any atom is -0.494 e. The number of nitrogens with one attached hydrogen (secondary N) is 1. The predicted octanol–water partition coefficient (Wildman–Crippen LogP) is 3.79. The molecular weight excluding hydrogens is 385 g/mol. The van der Waals surface area contributed by atoms with Gasteiger partial charge in [-0.3, -0.25) is 9.18 Å². The average molecular weight is 416 g/mol. The lowest BCUT2D eigenvalue weighted by atomic mass is 9.78. The van der Waals surface area contributed by atoms with Gasteiger partial charge in [0.25, 0.3) is 0 Å². The van der Waals surface area contributed by atoms with Crippen molar-refractivity contribution in [1.29, 1.82) is 0 Å². The Kier molecular flexibility index (Phi) is 8.87. The van der Waals surface area contributed by atoms with E-state index >= 15 is 0 Å². The molecule has 30 heavy (non-hydrogen) atoms. The van der Waals surface area contributed by atoms with Crippen molar-refractivity contribution in [2.45, 2.75) is 31.7 Å². The maximum absolute atomic E-state index is 12.2. The van der Waals surface area contributed by atoms with Gasteiger partial charge in [0.2, 0.25) is 5.91 Å². The van der Waals surface area contributed by atoms with Gasteiger partial charge in [-0.25, -0.2) is 0 Å². The maximum atomic E-state index is 12.2. The Bertz CT molecular complexity index is 803. The Morgan fingerprint density at radius 3 is 2.10 bits per heavy atom. The fourth-order valence-corrected chi connectivity index (χ4v) is 2.94. The van der Waals surface area contributed by atoms with E-state index in [4.69, 9.17) is 9.47 Å². The topological polar surface area (TPSA) is 67.8 Å². The van der Waals surface area contributed by atoms with E-state index in [-0.39, 0.29) is 31.2 Å². The molecule has 1 atom stereocenters. The van der Waals surface area contributed by atoms with E-state index in [2.05, 4.69) is 25.7 Å². The summed E-state index contributed by atoms with van der Waals surface area (Å²) < 4.78 is 23.4. The number of benzene rings is 2. The number of halogens is 1. The van der Waals surface area contributed by atoms with Crippen molar-refractivity contribution in [2.24, 2.45) is 0 Å². The van der Waals surface area contributed by atoms with Crippen LogP contribution in [0.15, 0.2) is 61.2 Å². The summed E-state index contributed by atoms with van der Waals surface area (Å²) >= 11 is 0. The molecule has 0 saturated carbocycles. The lowest BCUT2D eigenvalue weighted by molar-refractivity contribution is -0.117. The number of ether oxygens (including phenoxy) is 2. The van der Waals surface area contributed by atoms with Gasteiger partial charge in [0.15, 0.2) is 0 Å². The van der Waals surface area contributed by atoms with Gasteiger partial charge in [-0.2, -0.15) is 0 Å². The Hall–Kier alpha value is -2.86. The summed E-state index contributed by atoms with van der Waals surface area (Å²) in [4.78, 5) is 11.4. The van der Waals surface area contributed by atoms with Gasteiger partial charge in [-0.15, -0.1) is 0 Å². The monoisotopic (exact) mass is 415 g/mol. The zero-order valence-electron chi connectivity index (χ0n) is 17.6. The van der Waals surface area contributed by atoms with Crippen molar-refractivity contribution < 1.29 is 23.8 Å². The molecule has 0 saturated heterocycles. The van der Waals surface area contributed by atoms with Crippen LogP contribution >= 0.6 is 0 Å². The highest BCUT2D eigenvalue weighted by atomic mass is 19.1. The molecule has 162 valence electrons. The fourth-order valence-electron chi connectivity index (χ4n) is 2.94. The molecule has 0 bridgehead atoms. The van der Waals surface area contributed by atoms with Gasteiger partial charge in [-0.05, 0) is 41.5 Å². The third kappa shape index (κ3) is 6.59. The average Bonchev–Trinajstić information content (AvgIpc) is 2.77. The van der Waals surface area contributed by atoms with E-state index in [0.717, 1.165) is 23.0 Å². The van der Waals surface area contributed by atoms with Gasteiger partial charge in [0.1, 0.15) is 18.1 Å². The molecule has 2 rings (SSSR count). The number of carbonyl (C=O) groups excluding carboxylic acids is 1. The summed E-state index contributed by atoms with van der Waals surface area (Å²) in [6.07, 6.45) is 1.55. The number of amides is 1. The van der Waals surface area contributed by atoms with Crippen LogP contribution in [0.4, 0.5) is 4.39 Å². The molecule has 0 heterocycles. The van der Waals surface area contributed by atoms with Gasteiger partial charge in [0.05, 0.1) is 25.9 Å². The summed E-state index contributed by atoms with van der Waals surface area (Å²) in [6, 6.07) is 15.1. The highest BCUT2D eigenvalue weighted by molar-refractivity contribution is 5.87. The van der Waals surface area contributed by atoms with Crippen molar-refractivity contribution >= 4 is 5.91 Å². The van der Waals surface area contributed by atoms with Gasteiger partial charge >= 0.3 is 0 Å². The Balaban J connectivity index is 2.00. The third-order valence-electron chi connectivity index (χ3n) is 4.90. The van der Waals surface area contributed by atoms with Crippen molar-refractivity contribution in [1.82, 2.24) is 5.32 Å². The van der Waals surface area contributed by atoms with Crippen LogP contribution in [0.5, 0.6) is 11.5 Å². The van der Waals surface area contributed by atoms with E-state index in [1.54, 1.807) is 0 Å². The van der Waals surface area contributed by atoms with E-state index in [9.17, 15) is 14.3 Å². The number of hydrogen-bond donors (Lipinski definition) is 2. The summed E-state index contributed by atoms with van der Waals surface area (Å²) in [5.41, 5.74) is 2.00. The first-order valence-electron chi connectivity index (χ1n) is 9.97. The molecule has 1 amide bonds. The lowest BCUT2D eigenvalue weighted by Gasteiger charge is -2.26. The highest BCUT2D eigenvalue weighted by Gasteiger charge is 2.23. The maximum Gasteiger partial charge on any atom is 0.243 e. The molecule has 0 spiro atoms. The van der Waals surface area contributed by atoms with Gasteiger partial charge < -0.3 is 19.9 Å². The SMILES string of the molecule is C=CC(=O)NC(CO)COc1ccc(C(C)(C)c2ccc(OCCCF)cc2)cc1. The minimum absolute atomic E-state index is 0.155. The molecular formula is C24H30FNO4. The second kappa shape index (κ2) is 11.4. The Labute approximate surface area is 177 Å². The van der Waals surface area contributed by atoms with Crippen LogP contribution in [0, 0.1) is 0 Å². The van der Waals surface area contributed by atoms with Crippen LogP contribution in [-0.4, -0.2) is 43.6 Å². The quantitative estimate of drug-likeness (QED) is 0.409. The molecule has 5 nitrogen and oxygen atoms in total. The second-order valence-corrected chi connectivity index (χ2v) is 7.47. The smallest absolute Gasteiger partial charge is 0.243 e. The van der Waals surface area contributed by atoms with Crippen molar-refractivity contribution in [3.8, 4) is 11.5 Å². The molecule has 0 aliphatic heterocycles. The van der Waals surface area contributed by atoms with Crippen LogP contribution in [0.3, 0.4) is 0 Å². The summed E-state index contributed by atoms with van der Waals surface area (Å²) in [7, 11) is 0. The summed E-state index contributed by atoms with van der Waals surface area (Å²) in [5, 5.41) is 12.0. The molecule has 0 aliphatic rings. The fraction of sp³-hybridized carbons (Fsp3) is 0.375. The number of rotatable bonds is 12. The highest BCUT2D eigenvalue weighted by Crippen LogP contribution is 2.33. The first kappa shape index (κ1) is 23.4. The van der Waals surface area contributed by atoms with Crippen molar-refractivity contribution in [3.63, 3.8) is 0 Å². The van der Waals surface area contributed by atoms with E-state index in [0.29, 0.717) is 18.8 Å². The molecule has 0 aliphatic carbocycles. The Morgan fingerprint density at radius 2 is 1.63 bits per heavy atom. The zero-order chi connectivity index (χ0) is 22.0. The first-order valence-corrected chi connectivity index (χ1v) is 9.97. The zero-order valence-corrected chi connectivity index (χ0v) is 17.6. The normalized spacial score (nSPS) is 12.1. The summed E-state index contributed by atoms with van der Waals surface area (Å²) in [5.74, 6) is 1.03. The van der Waals surface area contributed by atoms with Gasteiger partial charge in [0, 0.05) is 11.8 Å². The number of hydrogen-bond acceptors (Lipinski definition) is 4. The standard InChI is InChI=1S/C24H30FNO4/c1-4-23(28)26-20(16-27)17-30-22-12-8-19(9-13-22)24(2,3)18-6-10-21(11-7-18)29-15-5-14-25/h4,6-13,20,27H,1,5,14-17H2,2-3H3,(H,26,28). The molecule has 2 aromatic rings. The van der Waals surface area contributed by atoms with E-state index in [1.165, 1.54) is 0 Å². The number of alkyl halides is 1. The molecule has 6 heteroatoms.